The fourth-order valence-corrected chi connectivity index (χ4v) is 2.96. The van der Waals surface area contributed by atoms with E-state index in [0.29, 0.717) is 18.1 Å². The van der Waals surface area contributed by atoms with Crippen molar-refractivity contribution in [3.05, 3.63) is 88.1 Å². The van der Waals surface area contributed by atoms with Crippen molar-refractivity contribution in [2.24, 2.45) is 0 Å². The number of carbonyl (C=O) groups excluding carboxylic acids is 1. The zero-order chi connectivity index (χ0) is 17.5. The summed E-state index contributed by atoms with van der Waals surface area (Å²) < 4.78 is 11.3. The lowest BCUT2D eigenvalue weighted by Gasteiger charge is -2.11. The van der Waals surface area contributed by atoms with E-state index in [1.54, 1.807) is 19.3 Å². The van der Waals surface area contributed by atoms with Gasteiger partial charge in [0.25, 0.3) is 0 Å². The van der Waals surface area contributed by atoms with Crippen LogP contribution in [-0.2, 0) is 6.61 Å². The molecule has 0 aliphatic rings. The van der Waals surface area contributed by atoms with Crippen LogP contribution in [0.5, 0.6) is 11.5 Å². The Morgan fingerprint density at radius 2 is 1.88 bits per heavy atom. The van der Waals surface area contributed by atoms with Crippen LogP contribution in [-0.4, -0.2) is 12.9 Å². The van der Waals surface area contributed by atoms with E-state index < -0.39 is 0 Å². The summed E-state index contributed by atoms with van der Waals surface area (Å²) >= 11 is 1.44. The molecule has 2 aromatic carbocycles. The van der Waals surface area contributed by atoms with E-state index >= 15 is 0 Å². The van der Waals surface area contributed by atoms with E-state index in [1.165, 1.54) is 11.3 Å². The number of ketones is 1. The zero-order valence-corrected chi connectivity index (χ0v) is 14.7. The number of hydrogen-bond donors (Lipinski definition) is 0. The normalized spacial score (nSPS) is 10.8. The summed E-state index contributed by atoms with van der Waals surface area (Å²) in [4.78, 5) is 12.8. The summed E-state index contributed by atoms with van der Waals surface area (Å²) in [5.74, 6) is 1.31. The van der Waals surface area contributed by atoms with Gasteiger partial charge < -0.3 is 9.47 Å². The molecule has 3 rings (SSSR count). The van der Waals surface area contributed by atoms with E-state index in [9.17, 15) is 4.79 Å². The molecular formula is C21H18O3S. The van der Waals surface area contributed by atoms with Crippen LogP contribution in [0.25, 0.3) is 6.08 Å². The minimum Gasteiger partial charge on any atom is -0.493 e. The Labute approximate surface area is 151 Å². The molecule has 0 aliphatic carbocycles. The third-order valence-electron chi connectivity index (χ3n) is 3.62. The summed E-state index contributed by atoms with van der Waals surface area (Å²) in [6, 6.07) is 19.3. The molecule has 0 aliphatic heterocycles. The van der Waals surface area contributed by atoms with Gasteiger partial charge >= 0.3 is 0 Å². The van der Waals surface area contributed by atoms with Gasteiger partial charge in [0.1, 0.15) is 6.61 Å². The Bertz CT molecular complexity index is 852. The first-order valence-corrected chi connectivity index (χ1v) is 8.75. The number of ether oxygens (including phenoxy) is 2. The van der Waals surface area contributed by atoms with Crippen LogP contribution in [0.2, 0.25) is 0 Å². The van der Waals surface area contributed by atoms with Gasteiger partial charge in [-0.3, -0.25) is 4.79 Å². The van der Waals surface area contributed by atoms with E-state index in [4.69, 9.17) is 9.47 Å². The number of thiophene rings is 1. The fourth-order valence-electron chi connectivity index (χ4n) is 2.32. The number of benzene rings is 2. The lowest BCUT2D eigenvalue weighted by atomic mass is 10.1. The van der Waals surface area contributed by atoms with Crippen LogP contribution < -0.4 is 9.47 Å². The molecule has 0 saturated carbocycles. The first kappa shape index (κ1) is 17.0. The predicted molar refractivity (Wildman–Crippen MR) is 101 cm³/mol. The largest absolute Gasteiger partial charge is 0.493 e. The molecule has 0 N–H and O–H groups in total. The minimum atomic E-state index is -0.00151. The highest BCUT2D eigenvalue weighted by atomic mass is 32.1. The van der Waals surface area contributed by atoms with Gasteiger partial charge in [-0.25, -0.2) is 0 Å². The van der Waals surface area contributed by atoms with Crippen molar-refractivity contribution in [2.75, 3.05) is 7.11 Å². The van der Waals surface area contributed by atoms with Crippen LogP contribution in [0.3, 0.4) is 0 Å². The SMILES string of the molecule is COc1cc(/C=C/C(=O)c2cccs2)ccc1OCc1ccccc1. The number of hydrogen-bond acceptors (Lipinski definition) is 4. The standard InChI is InChI=1S/C21H18O3S/c1-23-20-14-16(9-11-18(22)21-8-5-13-25-21)10-12-19(20)24-15-17-6-3-2-4-7-17/h2-14H,15H2,1H3/b11-9+. The van der Waals surface area contributed by atoms with Crippen molar-refractivity contribution in [3.8, 4) is 11.5 Å². The summed E-state index contributed by atoms with van der Waals surface area (Å²) in [5.41, 5.74) is 1.98. The van der Waals surface area contributed by atoms with Crippen molar-refractivity contribution < 1.29 is 14.3 Å². The lowest BCUT2D eigenvalue weighted by molar-refractivity contribution is 0.105. The molecular weight excluding hydrogens is 332 g/mol. The highest BCUT2D eigenvalue weighted by Crippen LogP contribution is 2.29. The van der Waals surface area contributed by atoms with E-state index in [1.807, 2.05) is 66.0 Å². The van der Waals surface area contributed by atoms with E-state index in [-0.39, 0.29) is 5.78 Å². The average Bonchev–Trinajstić information content (AvgIpc) is 3.20. The number of rotatable bonds is 7. The van der Waals surface area contributed by atoms with Crippen LogP contribution >= 0.6 is 11.3 Å². The Kier molecular flexibility index (Phi) is 5.65. The highest BCUT2D eigenvalue weighted by molar-refractivity contribution is 7.12. The summed E-state index contributed by atoms with van der Waals surface area (Å²) in [7, 11) is 1.61. The maximum Gasteiger partial charge on any atom is 0.195 e. The van der Waals surface area contributed by atoms with Gasteiger partial charge in [-0.1, -0.05) is 48.5 Å². The zero-order valence-electron chi connectivity index (χ0n) is 13.8. The lowest BCUT2D eigenvalue weighted by Crippen LogP contribution is -1.97. The van der Waals surface area contributed by atoms with Gasteiger partial charge in [-0.2, -0.15) is 0 Å². The second-order valence-electron chi connectivity index (χ2n) is 5.36. The third kappa shape index (κ3) is 4.58. The first-order valence-electron chi connectivity index (χ1n) is 7.87. The molecule has 0 radical (unpaired) electrons. The topological polar surface area (TPSA) is 35.5 Å². The molecule has 1 aromatic heterocycles. The van der Waals surface area contributed by atoms with Gasteiger partial charge in [-0.15, -0.1) is 11.3 Å². The minimum absolute atomic E-state index is 0.00151. The number of carbonyl (C=O) groups is 1. The third-order valence-corrected chi connectivity index (χ3v) is 4.50. The molecule has 0 spiro atoms. The fraction of sp³-hybridized carbons (Fsp3) is 0.0952. The Hall–Kier alpha value is -2.85. The predicted octanol–water partition coefficient (Wildman–Crippen LogP) is 5.23. The molecule has 0 amide bonds. The van der Waals surface area contributed by atoms with Gasteiger partial charge in [0, 0.05) is 0 Å². The molecule has 0 unspecified atom stereocenters. The summed E-state index contributed by atoms with van der Waals surface area (Å²) in [6.45, 7) is 0.475. The van der Waals surface area contributed by atoms with Crippen LogP contribution in [0.1, 0.15) is 20.8 Å². The van der Waals surface area contributed by atoms with Crippen molar-refractivity contribution >= 4 is 23.2 Å². The average molecular weight is 350 g/mol. The van der Waals surface area contributed by atoms with Crippen molar-refractivity contribution in [1.29, 1.82) is 0 Å². The maximum atomic E-state index is 12.0. The molecule has 3 nitrogen and oxygen atoms in total. The van der Waals surface area contributed by atoms with Gasteiger partial charge in [0.2, 0.25) is 0 Å². The Morgan fingerprint density at radius 1 is 1.04 bits per heavy atom. The maximum absolute atomic E-state index is 12.0. The molecule has 3 aromatic rings. The molecule has 126 valence electrons. The molecule has 0 saturated heterocycles. The molecule has 1 heterocycles. The monoisotopic (exact) mass is 350 g/mol. The molecule has 0 bridgehead atoms. The molecule has 0 fully saturated rings. The number of allylic oxidation sites excluding steroid dienone is 1. The number of methoxy groups -OCH3 is 1. The second-order valence-corrected chi connectivity index (χ2v) is 6.31. The van der Waals surface area contributed by atoms with Crippen LogP contribution in [0.15, 0.2) is 72.1 Å². The quantitative estimate of drug-likeness (QED) is 0.432. The van der Waals surface area contributed by atoms with E-state index in [2.05, 4.69) is 0 Å². The van der Waals surface area contributed by atoms with Gasteiger partial charge in [0.05, 0.1) is 12.0 Å². The smallest absolute Gasteiger partial charge is 0.195 e. The van der Waals surface area contributed by atoms with Crippen molar-refractivity contribution in [3.63, 3.8) is 0 Å². The first-order chi connectivity index (χ1) is 12.3. The van der Waals surface area contributed by atoms with E-state index in [0.717, 1.165) is 16.0 Å². The molecule has 0 atom stereocenters. The van der Waals surface area contributed by atoms with Crippen LogP contribution in [0, 0.1) is 0 Å². The van der Waals surface area contributed by atoms with Crippen molar-refractivity contribution in [2.45, 2.75) is 6.61 Å². The molecule has 25 heavy (non-hydrogen) atoms. The second kappa shape index (κ2) is 8.31. The Balaban J connectivity index is 1.70. The summed E-state index contributed by atoms with van der Waals surface area (Å²) in [5, 5.41) is 1.89. The summed E-state index contributed by atoms with van der Waals surface area (Å²) in [6.07, 6.45) is 3.36. The van der Waals surface area contributed by atoms with Crippen molar-refractivity contribution in [1.82, 2.24) is 0 Å². The van der Waals surface area contributed by atoms with Gasteiger partial charge in [0.15, 0.2) is 17.3 Å². The Morgan fingerprint density at radius 3 is 2.60 bits per heavy atom. The van der Waals surface area contributed by atoms with Crippen LogP contribution in [0.4, 0.5) is 0 Å². The highest BCUT2D eigenvalue weighted by Gasteiger charge is 2.06. The molecule has 4 heteroatoms. The van der Waals surface area contributed by atoms with Gasteiger partial charge in [-0.05, 0) is 40.8 Å².